The van der Waals surface area contributed by atoms with Crippen molar-refractivity contribution in [2.45, 2.75) is 0 Å². The lowest BCUT2D eigenvalue weighted by atomic mass is 9.81. The number of hydrogen-bond acceptors (Lipinski definition) is 4. The van der Waals surface area contributed by atoms with Gasteiger partial charge in [-0.15, -0.1) is 0 Å². The zero-order valence-electron chi connectivity index (χ0n) is 12.3. The number of phenols is 1. The minimum atomic E-state index is -0.330. The minimum absolute atomic E-state index is 0.0771. The van der Waals surface area contributed by atoms with Crippen LogP contribution in [0.3, 0.4) is 0 Å². The van der Waals surface area contributed by atoms with E-state index in [1.54, 1.807) is 43.5 Å². The number of methoxy groups -OCH3 is 1. The molecule has 0 heterocycles. The Bertz CT molecular complexity index is 1000. The van der Waals surface area contributed by atoms with Gasteiger partial charge in [0.1, 0.15) is 11.5 Å². The number of carbonyl (C=O) groups is 2. The molecule has 3 aromatic carbocycles. The molecule has 0 aromatic heterocycles. The van der Waals surface area contributed by atoms with E-state index >= 15 is 0 Å². The Morgan fingerprint density at radius 2 is 1.65 bits per heavy atom. The summed E-state index contributed by atoms with van der Waals surface area (Å²) in [4.78, 5) is 25.6. The maximum absolute atomic E-state index is 12.9. The fraction of sp³-hybridized carbons (Fsp3) is 0.0526. The molecule has 23 heavy (non-hydrogen) atoms. The van der Waals surface area contributed by atoms with Crippen molar-refractivity contribution in [1.29, 1.82) is 0 Å². The molecule has 0 aliphatic heterocycles. The Morgan fingerprint density at radius 1 is 0.870 bits per heavy atom. The van der Waals surface area contributed by atoms with Crippen molar-refractivity contribution in [3.8, 4) is 11.5 Å². The van der Waals surface area contributed by atoms with E-state index in [1.807, 2.05) is 6.07 Å². The lowest BCUT2D eigenvalue weighted by molar-refractivity contribution is 0.0978. The number of rotatable bonds is 1. The summed E-state index contributed by atoms with van der Waals surface area (Å²) in [6.45, 7) is 0. The Kier molecular flexibility index (Phi) is 2.75. The number of fused-ring (bicyclic) bond motifs is 4. The molecule has 0 spiro atoms. The van der Waals surface area contributed by atoms with Crippen molar-refractivity contribution < 1.29 is 19.4 Å². The van der Waals surface area contributed by atoms with E-state index in [9.17, 15) is 14.7 Å². The first-order valence-corrected chi connectivity index (χ1v) is 7.14. The highest BCUT2D eigenvalue weighted by molar-refractivity contribution is 6.32. The fourth-order valence-electron chi connectivity index (χ4n) is 3.11. The van der Waals surface area contributed by atoms with Gasteiger partial charge in [0.15, 0.2) is 11.6 Å². The third-order valence-electron chi connectivity index (χ3n) is 4.21. The molecular weight excluding hydrogens is 292 g/mol. The molecule has 0 unspecified atom stereocenters. The molecular formula is C19H12O4. The molecule has 4 heteroatoms. The van der Waals surface area contributed by atoms with E-state index in [2.05, 4.69) is 0 Å². The van der Waals surface area contributed by atoms with Crippen molar-refractivity contribution in [3.05, 3.63) is 70.8 Å². The summed E-state index contributed by atoms with van der Waals surface area (Å²) in [5.41, 5.74) is 1.03. The van der Waals surface area contributed by atoms with Crippen molar-refractivity contribution in [2.75, 3.05) is 7.11 Å². The molecule has 1 N–H and O–H groups in total. The van der Waals surface area contributed by atoms with Gasteiger partial charge in [0.05, 0.1) is 12.7 Å². The highest BCUT2D eigenvalue weighted by Crippen LogP contribution is 2.36. The zero-order chi connectivity index (χ0) is 16.1. The maximum atomic E-state index is 12.9. The number of carbonyl (C=O) groups excluding carboxylic acids is 2. The average Bonchev–Trinajstić information content (AvgIpc) is 2.58. The zero-order valence-corrected chi connectivity index (χ0v) is 12.3. The molecule has 4 nitrogen and oxygen atoms in total. The number of phenolic OH excluding ortho intramolecular Hbond substituents is 1. The Balaban J connectivity index is 2.07. The molecule has 0 atom stereocenters. The lowest BCUT2D eigenvalue weighted by Crippen LogP contribution is -2.21. The summed E-state index contributed by atoms with van der Waals surface area (Å²) in [5, 5.41) is 11.5. The Labute approximate surface area is 131 Å². The van der Waals surface area contributed by atoms with Gasteiger partial charge in [0.2, 0.25) is 0 Å². The number of benzene rings is 3. The van der Waals surface area contributed by atoms with E-state index in [-0.39, 0.29) is 28.4 Å². The normalized spacial score (nSPS) is 12.9. The standard InChI is InChI=1S/C19H12O4/c1-23-11-6-8-12-10(9-11)5-7-14-16(12)19(22)17-13(18(14)21)3-2-4-15(17)20/h2-9,20H,1H3. The van der Waals surface area contributed by atoms with E-state index < -0.39 is 0 Å². The number of ketones is 2. The summed E-state index contributed by atoms with van der Waals surface area (Å²) < 4.78 is 5.20. The topological polar surface area (TPSA) is 63.6 Å². The second kappa shape index (κ2) is 4.68. The van der Waals surface area contributed by atoms with Crippen LogP contribution < -0.4 is 4.74 Å². The molecule has 1 aliphatic rings. The van der Waals surface area contributed by atoms with Crippen LogP contribution in [0, 0.1) is 0 Å². The van der Waals surface area contributed by atoms with Gasteiger partial charge in [0, 0.05) is 16.7 Å². The SMILES string of the molecule is COc1ccc2c3c(ccc2c1)C(=O)c1cccc(O)c1C3=O. The fourth-order valence-corrected chi connectivity index (χ4v) is 3.11. The molecule has 0 saturated heterocycles. The lowest BCUT2D eigenvalue weighted by Gasteiger charge is -2.20. The highest BCUT2D eigenvalue weighted by atomic mass is 16.5. The Hall–Kier alpha value is -3.14. The second-order valence-electron chi connectivity index (χ2n) is 5.43. The van der Waals surface area contributed by atoms with E-state index in [4.69, 9.17) is 4.74 Å². The van der Waals surface area contributed by atoms with Crippen molar-refractivity contribution >= 4 is 22.3 Å². The highest BCUT2D eigenvalue weighted by Gasteiger charge is 2.33. The van der Waals surface area contributed by atoms with Crippen LogP contribution in [0.2, 0.25) is 0 Å². The van der Waals surface area contributed by atoms with Crippen LogP contribution in [0.1, 0.15) is 31.8 Å². The Morgan fingerprint density at radius 3 is 2.43 bits per heavy atom. The summed E-state index contributed by atoms with van der Waals surface area (Å²) in [5.74, 6) is -0.0704. The molecule has 3 aromatic rings. The summed E-state index contributed by atoms with van der Waals surface area (Å²) in [6.07, 6.45) is 0. The molecule has 0 radical (unpaired) electrons. The van der Waals surface area contributed by atoms with Gasteiger partial charge in [-0.05, 0) is 41.1 Å². The number of hydrogen-bond donors (Lipinski definition) is 1. The third-order valence-corrected chi connectivity index (χ3v) is 4.21. The quantitative estimate of drug-likeness (QED) is 0.586. The van der Waals surface area contributed by atoms with Crippen molar-refractivity contribution in [2.24, 2.45) is 0 Å². The number of aromatic hydroxyl groups is 1. The van der Waals surface area contributed by atoms with E-state index in [0.717, 1.165) is 5.39 Å². The summed E-state index contributed by atoms with van der Waals surface area (Å²) >= 11 is 0. The average molecular weight is 304 g/mol. The first-order valence-electron chi connectivity index (χ1n) is 7.14. The second-order valence-corrected chi connectivity index (χ2v) is 5.43. The van der Waals surface area contributed by atoms with Crippen LogP contribution in [0.4, 0.5) is 0 Å². The molecule has 0 amide bonds. The van der Waals surface area contributed by atoms with Gasteiger partial charge >= 0.3 is 0 Å². The van der Waals surface area contributed by atoms with Gasteiger partial charge in [-0.3, -0.25) is 9.59 Å². The first-order chi connectivity index (χ1) is 11.1. The third kappa shape index (κ3) is 1.78. The van der Waals surface area contributed by atoms with Gasteiger partial charge in [-0.2, -0.15) is 0 Å². The van der Waals surface area contributed by atoms with Gasteiger partial charge in [0.25, 0.3) is 0 Å². The van der Waals surface area contributed by atoms with Gasteiger partial charge in [-0.1, -0.05) is 18.2 Å². The van der Waals surface area contributed by atoms with Gasteiger partial charge in [-0.25, -0.2) is 0 Å². The monoisotopic (exact) mass is 304 g/mol. The van der Waals surface area contributed by atoms with Crippen molar-refractivity contribution in [3.63, 3.8) is 0 Å². The molecule has 4 rings (SSSR count). The maximum Gasteiger partial charge on any atom is 0.198 e. The molecule has 0 fully saturated rings. The molecule has 112 valence electrons. The van der Waals surface area contributed by atoms with Gasteiger partial charge < -0.3 is 9.84 Å². The van der Waals surface area contributed by atoms with E-state index in [1.165, 1.54) is 6.07 Å². The first kappa shape index (κ1) is 13.5. The minimum Gasteiger partial charge on any atom is -0.507 e. The molecule has 0 saturated carbocycles. The molecule has 1 aliphatic carbocycles. The van der Waals surface area contributed by atoms with Crippen LogP contribution in [-0.4, -0.2) is 23.8 Å². The summed E-state index contributed by atoms with van der Waals surface area (Å²) in [7, 11) is 1.57. The number of ether oxygens (including phenoxy) is 1. The van der Waals surface area contributed by atoms with Crippen LogP contribution in [0.15, 0.2) is 48.5 Å². The predicted molar refractivity (Wildman–Crippen MR) is 85.5 cm³/mol. The van der Waals surface area contributed by atoms with E-state index in [0.29, 0.717) is 22.3 Å². The smallest absolute Gasteiger partial charge is 0.198 e. The van der Waals surface area contributed by atoms with Crippen LogP contribution >= 0.6 is 0 Å². The predicted octanol–water partition coefficient (Wildman–Crippen LogP) is 3.33. The summed E-state index contributed by atoms with van der Waals surface area (Å²) in [6, 6.07) is 13.3. The molecule has 0 bridgehead atoms. The largest absolute Gasteiger partial charge is 0.507 e. The van der Waals surface area contributed by atoms with Crippen LogP contribution in [0.25, 0.3) is 10.8 Å². The van der Waals surface area contributed by atoms with Crippen LogP contribution in [-0.2, 0) is 0 Å². The van der Waals surface area contributed by atoms with Crippen molar-refractivity contribution in [1.82, 2.24) is 0 Å². The van der Waals surface area contributed by atoms with Crippen LogP contribution in [0.5, 0.6) is 11.5 Å².